The minimum Gasteiger partial charge on any atom is -0.479 e. The molecule has 10 heteroatoms. The van der Waals surface area contributed by atoms with Crippen LogP contribution in [0, 0.1) is 0 Å². The fourth-order valence-electron chi connectivity index (χ4n) is 6.08. The zero-order chi connectivity index (χ0) is 37.6. The van der Waals surface area contributed by atoms with Crippen LogP contribution in [0.5, 0.6) is 0 Å². The van der Waals surface area contributed by atoms with Gasteiger partial charge in [-0.3, -0.25) is 0 Å². The highest BCUT2D eigenvalue weighted by Gasteiger charge is 2.27. The molecule has 0 amide bonds. The summed E-state index contributed by atoms with van der Waals surface area (Å²) in [5.74, 6) is 3.29. The Morgan fingerprint density at radius 2 is 1.31 bits per heavy atom. The van der Waals surface area contributed by atoms with Crippen LogP contribution < -0.4 is 0 Å². The normalized spacial score (nSPS) is 16.6. The Bertz CT molecular complexity index is 1620. The van der Waals surface area contributed by atoms with Crippen molar-refractivity contribution in [1.29, 1.82) is 0 Å². The van der Waals surface area contributed by atoms with Crippen molar-refractivity contribution in [1.82, 2.24) is 9.97 Å². The molecule has 1 aliphatic rings. The van der Waals surface area contributed by atoms with E-state index in [1.807, 2.05) is 6.92 Å². The number of aryl methyl sites for hydroxylation is 2. The summed E-state index contributed by atoms with van der Waals surface area (Å²) < 4.78 is 30.3. The lowest BCUT2D eigenvalue weighted by molar-refractivity contribution is -0.157. The van der Waals surface area contributed by atoms with Crippen LogP contribution in [-0.2, 0) is 42.9 Å². The van der Waals surface area contributed by atoms with Crippen LogP contribution in [0.1, 0.15) is 126 Å². The number of aromatic nitrogens is 2. The third-order valence-electron chi connectivity index (χ3n) is 9.29. The van der Waals surface area contributed by atoms with E-state index in [1.165, 1.54) is 11.1 Å². The van der Waals surface area contributed by atoms with Crippen molar-refractivity contribution in [2.45, 2.75) is 135 Å². The standard InChI is InChI=1S/C27H39NO6.C15H18INO/c1-5-14-31-25(27(29)30)17-33-22-9-7-8-21(15-22)32-16-23-24(6-2)34-26(28-23)20-12-10-19(11-13-20)18(3)4;1-4-14-13(9-16)17-15(18-14)12-7-5-11(6-8-12)10(2)3/h10-13,18,21-22,25H,5-9,14-17H2,1-4H3,(H,29,30);5-8,10H,4,9H2,1-3H3/t21-,22+,25?;/m0./s1. The molecule has 52 heavy (non-hydrogen) atoms. The highest BCUT2D eigenvalue weighted by molar-refractivity contribution is 14.1. The van der Waals surface area contributed by atoms with Gasteiger partial charge in [0, 0.05) is 35.0 Å². The highest BCUT2D eigenvalue weighted by Crippen LogP contribution is 2.29. The van der Waals surface area contributed by atoms with Gasteiger partial charge in [-0.15, -0.1) is 0 Å². The lowest BCUT2D eigenvalue weighted by Crippen LogP contribution is -2.34. The number of benzene rings is 2. The lowest BCUT2D eigenvalue weighted by Gasteiger charge is -2.29. The summed E-state index contributed by atoms with van der Waals surface area (Å²) in [6.45, 7) is 15.7. The molecular formula is C42H57IN2O7. The summed E-state index contributed by atoms with van der Waals surface area (Å²) in [6.07, 6.45) is 5.11. The molecule has 1 N–H and O–H groups in total. The molecule has 2 aromatic heterocycles. The molecule has 0 saturated heterocycles. The number of ether oxygens (including phenoxy) is 3. The fraction of sp³-hybridized carbons (Fsp3) is 0.548. The molecule has 2 heterocycles. The summed E-state index contributed by atoms with van der Waals surface area (Å²) in [5.41, 5.74) is 6.57. The quantitative estimate of drug-likeness (QED) is 0.0820. The van der Waals surface area contributed by atoms with E-state index in [-0.39, 0.29) is 18.8 Å². The van der Waals surface area contributed by atoms with E-state index in [9.17, 15) is 9.90 Å². The van der Waals surface area contributed by atoms with Crippen molar-refractivity contribution in [2.24, 2.45) is 0 Å². The molecule has 3 atom stereocenters. The van der Waals surface area contributed by atoms with Gasteiger partial charge < -0.3 is 28.2 Å². The molecule has 0 spiro atoms. The van der Waals surface area contributed by atoms with E-state index in [4.69, 9.17) is 28.0 Å². The molecule has 1 saturated carbocycles. The van der Waals surface area contributed by atoms with Crippen molar-refractivity contribution in [3.05, 3.63) is 82.6 Å². The molecule has 284 valence electrons. The van der Waals surface area contributed by atoms with Gasteiger partial charge in [-0.25, -0.2) is 14.8 Å². The third kappa shape index (κ3) is 12.0. The van der Waals surface area contributed by atoms with Gasteiger partial charge in [0.05, 0.1) is 31.1 Å². The van der Waals surface area contributed by atoms with E-state index in [0.29, 0.717) is 30.9 Å². The Labute approximate surface area is 323 Å². The maximum atomic E-state index is 11.4. The van der Waals surface area contributed by atoms with Crippen LogP contribution >= 0.6 is 22.6 Å². The molecule has 2 aromatic carbocycles. The number of carboxylic acid groups (broad SMARTS) is 1. The molecule has 1 fully saturated rings. The molecule has 4 aromatic rings. The first-order chi connectivity index (χ1) is 25.1. The third-order valence-corrected chi connectivity index (χ3v) is 10.0. The Kier molecular flexibility index (Phi) is 16.8. The summed E-state index contributed by atoms with van der Waals surface area (Å²) in [7, 11) is 0. The summed E-state index contributed by atoms with van der Waals surface area (Å²) in [5, 5.41) is 9.32. The number of nitrogens with zero attached hydrogens (tertiary/aromatic N) is 2. The Balaban J connectivity index is 0.000000281. The summed E-state index contributed by atoms with van der Waals surface area (Å²) in [4.78, 5) is 20.7. The molecule has 0 aliphatic heterocycles. The number of hydrogen-bond donors (Lipinski definition) is 1. The number of alkyl halides is 1. The van der Waals surface area contributed by atoms with Crippen LogP contribution in [0.3, 0.4) is 0 Å². The minimum absolute atomic E-state index is 0.0242. The molecule has 5 rings (SSSR count). The van der Waals surface area contributed by atoms with E-state index in [1.54, 1.807) is 0 Å². The predicted octanol–water partition coefficient (Wildman–Crippen LogP) is 10.7. The summed E-state index contributed by atoms with van der Waals surface area (Å²) in [6, 6.07) is 16.9. The number of carbonyl (C=O) groups is 1. The Hall–Kier alpha value is -3.06. The monoisotopic (exact) mass is 828 g/mol. The first kappa shape index (κ1) is 41.7. The molecule has 0 bridgehead atoms. The molecule has 1 aliphatic carbocycles. The fourth-order valence-corrected chi connectivity index (χ4v) is 6.68. The zero-order valence-electron chi connectivity index (χ0n) is 32.0. The number of hydrogen-bond acceptors (Lipinski definition) is 8. The zero-order valence-corrected chi connectivity index (χ0v) is 34.1. The average molecular weight is 829 g/mol. The highest BCUT2D eigenvalue weighted by atomic mass is 127. The van der Waals surface area contributed by atoms with Crippen LogP contribution in [0.4, 0.5) is 0 Å². The van der Waals surface area contributed by atoms with E-state index < -0.39 is 12.1 Å². The van der Waals surface area contributed by atoms with Gasteiger partial charge in [-0.05, 0) is 79.3 Å². The summed E-state index contributed by atoms with van der Waals surface area (Å²) >= 11 is 2.33. The van der Waals surface area contributed by atoms with Crippen LogP contribution in [-0.4, -0.2) is 52.6 Å². The van der Waals surface area contributed by atoms with Crippen molar-refractivity contribution < 1.29 is 32.9 Å². The Morgan fingerprint density at radius 3 is 1.75 bits per heavy atom. The number of rotatable bonds is 17. The predicted molar refractivity (Wildman–Crippen MR) is 213 cm³/mol. The number of carboxylic acids is 1. The van der Waals surface area contributed by atoms with Crippen LogP contribution in [0.25, 0.3) is 22.9 Å². The van der Waals surface area contributed by atoms with Gasteiger partial charge in [-0.2, -0.15) is 0 Å². The number of oxazole rings is 2. The second-order valence-electron chi connectivity index (χ2n) is 13.9. The van der Waals surface area contributed by atoms with E-state index in [2.05, 4.69) is 118 Å². The van der Waals surface area contributed by atoms with Gasteiger partial charge in [-0.1, -0.05) is 95.3 Å². The second kappa shape index (κ2) is 21.0. The van der Waals surface area contributed by atoms with Gasteiger partial charge in [0.1, 0.15) is 17.2 Å². The number of aliphatic carboxylic acids is 1. The van der Waals surface area contributed by atoms with Gasteiger partial charge in [0.15, 0.2) is 6.10 Å². The maximum absolute atomic E-state index is 11.4. The SMILES string of the molecule is CCCOC(CO[C@@H]1CCC[C@H](OCc2nc(-c3ccc(C(C)C)cc3)oc2CC)C1)C(=O)O.CCc1oc(-c2ccc(C(C)C)cc2)nc1CI. The number of halogens is 1. The molecule has 9 nitrogen and oxygen atoms in total. The Morgan fingerprint density at radius 1 is 0.808 bits per heavy atom. The first-order valence-electron chi connectivity index (χ1n) is 18.9. The first-order valence-corrected chi connectivity index (χ1v) is 20.4. The van der Waals surface area contributed by atoms with E-state index in [0.717, 1.165) is 89.3 Å². The second-order valence-corrected chi connectivity index (χ2v) is 14.7. The van der Waals surface area contributed by atoms with Gasteiger partial charge in [0.25, 0.3) is 0 Å². The lowest BCUT2D eigenvalue weighted by atomic mass is 9.95. The average Bonchev–Trinajstić information content (AvgIpc) is 3.78. The van der Waals surface area contributed by atoms with Crippen LogP contribution in [0.2, 0.25) is 0 Å². The van der Waals surface area contributed by atoms with Crippen molar-refractivity contribution in [2.75, 3.05) is 13.2 Å². The van der Waals surface area contributed by atoms with Crippen LogP contribution in [0.15, 0.2) is 57.4 Å². The largest absolute Gasteiger partial charge is 0.479 e. The maximum Gasteiger partial charge on any atom is 0.335 e. The molecule has 0 radical (unpaired) electrons. The van der Waals surface area contributed by atoms with Crippen molar-refractivity contribution in [3.63, 3.8) is 0 Å². The van der Waals surface area contributed by atoms with Gasteiger partial charge >= 0.3 is 5.97 Å². The van der Waals surface area contributed by atoms with Crippen molar-refractivity contribution in [3.8, 4) is 22.9 Å². The topological polar surface area (TPSA) is 117 Å². The minimum atomic E-state index is -0.982. The van der Waals surface area contributed by atoms with E-state index >= 15 is 0 Å². The van der Waals surface area contributed by atoms with Crippen molar-refractivity contribution >= 4 is 28.6 Å². The molecular weight excluding hydrogens is 771 g/mol. The smallest absolute Gasteiger partial charge is 0.335 e. The van der Waals surface area contributed by atoms with Gasteiger partial charge in [0.2, 0.25) is 11.8 Å². The molecule has 1 unspecified atom stereocenters.